The molecule has 1 aliphatic heterocycles. The first-order valence-electron chi connectivity index (χ1n) is 12.3. The van der Waals surface area contributed by atoms with Gasteiger partial charge in [0, 0.05) is 25.2 Å². The van der Waals surface area contributed by atoms with Crippen molar-refractivity contribution in [3.8, 4) is 5.82 Å². The van der Waals surface area contributed by atoms with E-state index in [0.717, 1.165) is 25.7 Å². The van der Waals surface area contributed by atoms with Crippen molar-refractivity contribution in [1.29, 1.82) is 0 Å². The number of ether oxygens (including phenoxy) is 1. The molecule has 0 atom stereocenters. The molecule has 2 aromatic heterocycles. The number of aromatic nitrogens is 4. The van der Waals surface area contributed by atoms with Crippen molar-refractivity contribution in [2.45, 2.75) is 57.5 Å². The minimum absolute atomic E-state index is 0.281. The maximum Gasteiger partial charge on any atom is 0.296 e. The molecule has 1 saturated carbocycles. The lowest BCUT2D eigenvalue weighted by Gasteiger charge is -2.43. The summed E-state index contributed by atoms with van der Waals surface area (Å²) >= 11 is 0. The van der Waals surface area contributed by atoms with Crippen molar-refractivity contribution in [3.63, 3.8) is 0 Å². The van der Waals surface area contributed by atoms with E-state index in [1.54, 1.807) is 24.3 Å². The van der Waals surface area contributed by atoms with E-state index in [1.165, 1.54) is 4.57 Å². The van der Waals surface area contributed by atoms with Crippen molar-refractivity contribution in [2.24, 2.45) is 11.7 Å². The lowest BCUT2D eigenvalue weighted by atomic mass is 9.86. The Labute approximate surface area is 203 Å². The first kappa shape index (κ1) is 23.9. The summed E-state index contributed by atoms with van der Waals surface area (Å²) in [5.74, 6) is 1.62. The van der Waals surface area contributed by atoms with Gasteiger partial charge in [0.15, 0.2) is 5.82 Å². The van der Waals surface area contributed by atoms with Gasteiger partial charge in [0.2, 0.25) is 5.95 Å². The fourth-order valence-corrected chi connectivity index (χ4v) is 5.10. The Hall–Kier alpha value is -2.85. The van der Waals surface area contributed by atoms with E-state index >= 15 is 0 Å². The van der Waals surface area contributed by atoms with Crippen molar-refractivity contribution in [1.82, 2.24) is 19.5 Å². The molecule has 0 bridgehead atoms. The molecule has 3 N–H and O–H groups in total. The Morgan fingerprint density at radius 1 is 1.11 bits per heavy atom. The number of alkyl halides is 2. The van der Waals surface area contributed by atoms with Crippen molar-refractivity contribution < 1.29 is 13.5 Å². The monoisotopic (exact) mass is 485 g/mol. The third kappa shape index (κ3) is 4.95. The Bertz CT molecular complexity index is 1170. The van der Waals surface area contributed by atoms with E-state index in [0.29, 0.717) is 60.8 Å². The smallest absolute Gasteiger partial charge is 0.296 e. The summed E-state index contributed by atoms with van der Waals surface area (Å²) in [4.78, 5) is 15.9. The Morgan fingerprint density at radius 2 is 1.86 bits per heavy atom. The molecule has 1 aromatic carbocycles. The second-order valence-corrected chi connectivity index (χ2v) is 10.2. The molecule has 3 aromatic rings. The number of nitrogens with one attached hydrogen (secondary N) is 1. The molecule has 8 nitrogen and oxygen atoms in total. The minimum Gasteiger partial charge on any atom is -0.377 e. The molecular formula is C25H33F2N7O. The average Bonchev–Trinajstić information content (AvgIpc) is 3.23. The fourth-order valence-electron chi connectivity index (χ4n) is 5.10. The number of morpholine rings is 1. The number of halogens is 2. The number of fused-ring (bicyclic) bond motifs is 1. The lowest BCUT2D eigenvalue weighted by molar-refractivity contribution is 0.0639. The van der Waals surface area contributed by atoms with E-state index < -0.39 is 6.43 Å². The second kappa shape index (κ2) is 9.66. The van der Waals surface area contributed by atoms with Crippen LogP contribution >= 0.6 is 0 Å². The van der Waals surface area contributed by atoms with Gasteiger partial charge in [-0.25, -0.2) is 13.8 Å². The topological polar surface area (TPSA) is 94.1 Å². The predicted octanol–water partition coefficient (Wildman–Crippen LogP) is 4.30. The molecule has 0 spiro atoms. The summed E-state index contributed by atoms with van der Waals surface area (Å²) < 4.78 is 35.3. The van der Waals surface area contributed by atoms with Crippen LogP contribution in [0.2, 0.25) is 0 Å². The molecule has 35 heavy (non-hydrogen) atoms. The van der Waals surface area contributed by atoms with Crippen LogP contribution in [0.5, 0.6) is 0 Å². The van der Waals surface area contributed by atoms with Crippen LogP contribution in [0.25, 0.3) is 16.9 Å². The fraction of sp³-hybridized carbons (Fsp3) is 0.560. The highest BCUT2D eigenvalue weighted by atomic mass is 19.3. The van der Waals surface area contributed by atoms with E-state index in [2.05, 4.69) is 29.0 Å². The maximum absolute atomic E-state index is 14.1. The standard InChI is InChI=1S/C25H33F2N7O/c1-25(2)15-35-12-11-33(25)20-13-21(32-24(31-20)29-14-16-7-9-17(28)10-8-16)34-19-6-4-3-5-18(19)30-23(34)22(26)27/h3-6,13,16-17,22H,7-12,14-15,28H2,1-2H3,(H,29,31,32)/t16-,17-. The van der Waals surface area contributed by atoms with Crippen molar-refractivity contribution in [3.05, 3.63) is 36.2 Å². The van der Waals surface area contributed by atoms with Gasteiger partial charge in [0.1, 0.15) is 11.6 Å². The first-order chi connectivity index (χ1) is 16.8. The predicted molar refractivity (Wildman–Crippen MR) is 132 cm³/mol. The number of anilines is 2. The average molecular weight is 486 g/mol. The molecule has 1 saturated heterocycles. The van der Waals surface area contributed by atoms with Crippen LogP contribution in [0.3, 0.4) is 0 Å². The molecule has 0 amide bonds. The van der Waals surface area contributed by atoms with E-state index in [-0.39, 0.29) is 17.4 Å². The number of rotatable bonds is 6. The normalized spacial score (nSPS) is 22.6. The molecule has 3 heterocycles. The van der Waals surface area contributed by atoms with Gasteiger partial charge in [-0.15, -0.1) is 0 Å². The molecule has 2 aliphatic rings. The number of para-hydroxylation sites is 2. The summed E-state index contributed by atoms with van der Waals surface area (Å²) in [7, 11) is 0. The number of nitrogens with two attached hydrogens (primary N) is 1. The summed E-state index contributed by atoms with van der Waals surface area (Å²) in [6, 6.07) is 9.18. The van der Waals surface area contributed by atoms with Crippen LogP contribution in [0, 0.1) is 5.92 Å². The zero-order valence-corrected chi connectivity index (χ0v) is 20.3. The van der Waals surface area contributed by atoms with Crippen LogP contribution in [0.1, 0.15) is 51.8 Å². The molecule has 188 valence electrons. The molecular weight excluding hydrogens is 452 g/mol. The van der Waals surface area contributed by atoms with Crippen molar-refractivity contribution >= 4 is 22.8 Å². The highest BCUT2D eigenvalue weighted by Gasteiger charge is 2.33. The molecule has 0 radical (unpaired) electrons. The Kier molecular flexibility index (Phi) is 6.59. The van der Waals surface area contributed by atoms with Crippen molar-refractivity contribution in [2.75, 3.05) is 36.5 Å². The minimum atomic E-state index is -2.75. The zero-order chi connectivity index (χ0) is 24.6. The summed E-state index contributed by atoms with van der Waals surface area (Å²) in [5, 5.41) is 3.39. The third-order valence-corrected chi connectivity index (χ3v) is 7.07. The van der Waals surface area contributed by atoms with Gasteiger partial charge >= 0.3 is 0 Å². The number of imidazole rings is 1. The third-order valence-electron chi connectivity index (χ3n) is 7.07. The highest BCUT2D eigenvalue weighted by molar-refractivity contribution is 5.78. The quantitative estimate of drug-likeness (QED) is 0.538. The lowest BCUT2D eigenvalue weighted by Crippen LogP contribution is -2.53. The first-order valence-corrected chi connectivity index (χ1v) is 12.3. The number of nitrogens with zero attached hydrogens (tertiary/aromatic N) is 5. The molecule has 1 aliphatic carbocycles. The summed E-state index contributed by atoms with van der Waals surface area (Å²) in [6.07, 6.45) is 1.39. The van der Waals surface area contributed by atoms with Gasteiger partial charge < -0.3 is 20.7 Å². The van der Waals surface area contributed by atoms with Gasteiger partial charge in [-0.3, -0.25) is 4.57 Å². The number of benzene rings is 1. The van der Waals surface area contributed by atoms with Gasteiger partial charge in [-0.2, -0.15) is 9.97 Å². The van der Waals surface area contributed by atoms with Crippen LogP contribution in [0.4, 0.5) is 20.5 Å². The van der Waals surface area contributed by atoms with E-state index in [1.807, 2.05) is 6.07 Å². The largest absolute Gasteiger partial charge is 0.377 e. The van der Waals surface area contributed by atoms with Crippen LogP contribution in [-0.4, -0.2) is 57.4 Å². The van der Waals surface area contributed by atoms with E-state index in [4.69, 9.17) is 20.4 Å². The van der Waals surface area contributed by atoms with Crippen LogP contribution < -0.4 is 16.0 Å². The Morgan fingerprint density at radius 3 is 2.60 bits per heavy atom. The van der Waals surface area contributed by atoms with Gasteiger partial charge in [0.25, 0.3) is 6.43 Å². The SMILES string of the molecule is CC1(C)COCCN1c1cc(-n2c(C(F)F)nc3ccccc32)nc(NC[C@H]2CC[C@H](N)CC2)n1. The molecule has 0 unspecified atom stereocenters. The van der Waals surface area contributed by atoms with E-state index in [9.17, 15) is 8.78 Å². The van der Waals surface area contributed by atoms with Crippen LogP contribution in [-0.2, 0) is 4.74 Å². The van der Waals surface area contributed by atoms with Gasteiger partial charge in [0.05, 0.1) is 29.8 Å². The molecule has 5 rings (SSSR count). The van der Waals surface area contributed by atoms with Crippen LogP contribution in [0.15, 0.2) is 30.3 Å². The molecule has 10 heteroatoms. The highest BCUT2D eigenvalue weighted by Crippen LogP contribution is 2.32. The Balaban J connectivity index is 1.56. The summed E-state index contributed by atoms with van der Waals surface area (Å²) in [5.41, 5.74) is 6.84. The maximum atomic E-state index is 14.1. The zero-order valence-electron chi connectivity index (χ0n) is 20.3. The second-order valence-electron chi connectivity index (χ2n) is 10.2. The number of hydrogen-bond acceptors (Lipinski definition) is 7. The van der Waals surface area contributed by atoms with Gasteiger partial charge in [-0.05, 0) is 57.6 Å². The molecule has 2 fully saturated rings. The van der Waals surface area contributed by atoms with Gasteiger partial charge in [-0.1, -0.05) is 12.1 Å². The summed E-state index contributed by atoms with van der Waals surface area (Å²) in [6.45, 7) is 6.66. The number of hydrogen-bond donors (Lipinski definition) is 2.